The average molecular weight is 458 g/mol. The molecule has 2 atom stereocenters. The summed E-state index contributed by atoms with van der Waals surface area (Å²) in [6.45, 7) is 10.8. The van der Waals surface area contributed by atoms with Crippen LogP contribution in [0.15, 0.2) is 0 Å². The van der Waals surface area contributed by atoms with Crippen molar-refractivity contribution in [1.82, 2.24) is 21.3 Å². The third-order valence-corrected chi connectivity index (χ3v) is 4.20. The van der Waals surface area contributed by atoms with E-state index in [1.165, 1.54) is 6.92 Å². The molecule has 11 heteroatoms. The molecule has 0 spiro atoms. The standard InChI is InChI=1S/C21H39N5O6/c1-13(2)17(19(30)23-11-7-8-12-24-20(22)31)26-18(29)15(25-14(3)27)9-10-16(28)32-21(4,5)6/h13,15,17H,7-12H2,1-6H3,(H,23,30)(H,25,27)(H,26,29)(H3,22,24,31)/t15-,17-/m0/s1. The summed E-state index contributed by atoms with van der Waals surface area (Å²) in [4.78, 5) is 59.5. The van der Waals surface area contributed by atoms with Gasteiger partial charge < -0.3 is 31.7 Å². The van der Waals surface area contributed by atoms with Gasteiger partial charge in [-0.2, -0.15) is 0 Å². The maximum Gasteiger partial charge on any atom is 0.312 e. The van der Waals surface area contributed by atoms with Gasteiger partial charge in [-0.3, -0.25) is 19.2 Å². The highest BCUT2D eigenvalue weighted by Gasteiger charge is 2.29. The van der Waals surface area contributed by atoms with E-state index in [2.05, 4.69) is 21.3 Å². The second-order valence-corrected chi connectivity index (χ2v) is 8.90. The van der Waals surface area contributed by atoms with E-state index >= 15 is 0 Å². The number of rotatable bonds is 13. The smallest absolute Gasteiger partial charge is 0.312 e. The minimum Gasteiger partial charge on any atom is -0.460 e. The number of unbranched alkanes of at least 4 members (excludes halogenated alkanes) is 1. The largest absolute Gasteiger partial charge is 0.460 e. The van der Waals surface area contributed by atoms with Crippen LogP contribution in [0, 0.1) is 5.92 Å². The second-order valence-electron chi connectivity index (χ2n) is 8.90. The van der Waals surface area contributed by atoms with Crippen molar-refractivity contribution in [2.45, 2.75) is 84.9 Å². The molecule has 0 saturated carbocycles. The first kappa shape index (κ1) is 29.1. The molecule has 0 saturated heterocycles. The van der Waals surface area contributed by atoms with Gasteiger partial charge in [-0.15, -0.1) is 0 Å². The van der Waals surface area contributed by atoms with Gasteiger partial charge >= 0.3 is 12.0 Å². The third kappa shape index (κ3) is 14.2. The van der Waals surface area contributed by atoms with Crippen LogP contribution in [-0.2, 0) is 23.9 Å². The Morgan fingerprint density at radius 1 is 0.906 bits per heavy atom. The van der Waals surface area contributed by atoms with Crippen LogP contribution >= 0.6 is 0 Å². The van der Waals surface area contributed by atoms with Gasteiger partial charge in [0.15, 0.2) is 0 Å². The lowest BCUT2D eigenvalue weighted by atomic mass is 10.0. The van der Waals surface area contributed by atoms with E-state index in [0.29, 0.717) is 25.9 Å². The van der Waals surface area contributed by atoms with E-state index in [9.17, 15) is 24.0 Å². The molecule has 0 aromatic rings. The van der Waals surface area contributed by atoms with Crippen LogP contribution in [0.4, 0.5) is 4.79 Å². The maximum atomic E-state index is 12.8. The molecule has 0 unspecified atom stereocenters. The molecule has 0 fully saturated rings. The Bertz CT molecular complexity index is 660. The molecular formula is C21H39N5O6. The van der Waals surface area contributed by atoms with Crippen LogP contribution in [0.5, 0.6) is 0 Å². The summed E-state index contributed by atoms with van der Waals surface area (Å²) >= 11 is 0. The Morgan fingerprint density at radius 3 is 1.94 bits per heavy atom. The molecule has 11 nitrogen and oxygen atoms in total. The monoisotopic (exact) mass is 457 g/mol. The van der Waals surface area contributed by atoms with Crippen LogP contribution in [0.1, 0.15) is 67.2 Å². The van der Waals surface area contributed by atoms with Gasteiger partial charge in [0.2, 0.25) is 17.7 Å². The molecule has 0 aromatic carbocycles. The van der Waals surface area contributed by atoms with Crippen molar-refractivity contribution in [1.29, 1.82) is 0 Å². The lowest BCUT2D eigenvalue weighted by molar-refractivity contribution is -0.155. The number of nitrogens with two attached hydrogens (primary N) is 1. The number of carbonyl (C=O) groups is 5. The summed E-state index contributed by atoms with van der Waals surface area (Å²) in [6.07, 6.45) is 1.24. The van der Waals surface area contributed by atoms with Gasteiger partial charge in [0.1, 0.15) is 17.7 Å². The summed E-state index contributed by atoms with van der Waals surface area (Å²) in [5.41, 5.74) is 4.33. The summed E-state index contributed by atoms with van der Waals surface area (Å²) < 4.78 is 5.24. The number of hydrogen-bond acceptors (Lipinski definition) is 6. The van der Waals surface area contributed by atoms with Crippen LogP contribution in [0.25, 0.3) is 0 Å². The number of primary amides is 1. The first-order valence-electron chi connectivity index (χ1n) is 10.8. The van der Waals surface area contributed by atoms with Gasteiger partial charge in [-0.1, -0.05) is 13.8 Å². The Labute approximate surface area is 189 Å². The number of amides is 5. The third-order valence-electron chi connectivity index (χ3n) is 4.20. The molecule has 0 aliphatic heterocycles. The van der Waals surface area contributed by atoms with E-state index in [1.54, 1.807) is 34.6 Å². The van der Waals surface area contributed by atoms with Gasteiger partial charge in [0.05, 0.1) is 0 Å². The van der Waals surface area contributed by atoms with Gasteiger partial charge in [0, 0.05) is 26.4 Å². The molecule has 0 aliphatic carbocycles. The lowest BCUT2D eigenvalue weighted by Crippen LogP contribution is -2.55. The maximum absolute atomic E-state index is 12.8. The van der Waals surface area contributed by atoms with Crippen molar-refractivity contribution >= 4 is 29.7 Å². The van der Waals surface area contributed by atoms with E-state index in [-0.39, 0.29) is 24.7 Å². The predicted molar refractivity (Wildman–Crippen MR) is 119 cm³/mol. The topological polar surface area (TPSA) is 169 Å². The van der Waals surface area contributed by atoms with Crippen LogP contribution in [0.3, 0.4) is 0 Å². The van der Waals surface area contributed by atoms with E-state index in [0.717, 1.165) is 0 Å². The Kier molecular flexibility index (Phi) is 13.0. The normalized spacial score (nSPS) is 13.0. The molecule has 0 aromatic heterocycles. The summed E-state index contributed by atoms with van der Waals surface area (Å²) in [7, 11) is 0. The Balaban J connectivity index is 4.84. The molecule has 0 radical (unpaired) electrons. The van der Waals surface area contributed by atoms with Crippen LogP contribution < -0.4 is 27.0 Å². The number of carbonyl (C=O) groups excluding carboxylic acids is 5. The molecular weight excluding hydrogens is 418 g/mol. The zero-order valence-electron chi connectivity index (χ0n) is 20.0. The Morgan fingerprint density at radius 2 is 1.47 bits per heavy atom. The Hall–Kier alpha value is -2.85. The predicted octanol–water partition coefficient (Wildman–Crippen LogP) is 0.319. The summed E-state index contributed by atoms with van der Waals surface area (Å²) in [5, 5.41) is 10.4. The molecule has 0 aliphatic rings. The molecule has 0 bridgehead atoms. The first-order valence-corrected chi connectivity index (χ1v) is 10.8. The highest BCUT2D eigenvalue weighted by molar-refractivity contribution is 5.92. The van der Waals surface area contributed by atoms with Crippen molar-refractivity contribution in [2.24, 2.45) is 11.7 Å². The van der Waals surface area contributed by atoms with E-state index in [4.69, 9.17) is 10.5 Å². The summed E-state index contributed by atoms with van der Waals surface area (Å²) in [5.74, 6) is -2.03. The van der Waals surface area contributed by atoms with E-state index in [1.807, 2.05) is 0 Å². The van der Waals surface area contributed by atoms with Crippen LogP contribution in [-0.4, -0.2) is 60.5 Å². The van der Waals surface area contributed by atoms with Crippen molar-refractivity contribution < 1.29 is 28.7 Å². The molecule has 32 heavy (non-hydrogen) atoms. The zero-order valence-corrected chi connectivity index (χ0v) is 20.0. The molecule has 184 valence electrons. The fraction of sp³-hybridized carbons (Fsp3) is 0.762. The quantitative estimate of drug-likeness (QED) is 0.197. The van der Waals surface area contributed by atoms with Crippen molar-refractivity contribution in [3.05, 3.63) is 0 Å². The SMILES string of the molecule is CC(=O)N[C@@H](CCC(=O)OC(C)(C)C)C(=O)N[C@H](C(=O)NCCCCNC(N)=O)C(C)C. The average Bonchev–Trinajstić information content (AvgIpc) is 2.63. The first-order chi connectivity index (χ1) is 14.7. The number of ether oxygens (including phenoxy) is 1. The van der Waals surface area contributed by atoms with Gasteiger partial charge in [0.25, 0.3) is 0 Å². The fourth-order valence-corrected chi connectivity index (χ4v) is 2.74. The minimum absolute atomic E-state index is 0.0413. The number of nitrogens with one attached hydrogen (secondary N) is 4. The number of esters is 1. The van der Waals surface area contributed by atoms with Crippen LogP contribution in [0.2, 0.25) is 0 Å². The highest BCUT2D eigenvalue weighted by atomic mass is 16.6. The molecule has 0 heterocycles. The van der Waals surface area contributed by atoms with E-state index < -0.39 is 41.5 Å². The van der Waals surface area contributed by atoms with Gasteiger partial charge in [-0.05, 0) is 46.0 Å². The molecule has 6 N–H and O–H groups in total. The number of urea groups is 1. The molecule has 0 rings (SSSR count). The lowest BCUT2D eigenvalue weighted by Gasteiger charge is -2.25. The van der Waals surface area contributed by atoms with Crippen molar-refractivity contribution in [3.63, 3.8) is 0 Å². The van der Waals surface area contributed by atoms with Gasteiger partial charge in [-0.25, -0.2) is 4.79 Å². The second kappa shape index (κ2) is 14.3. The van der Waals surface area contributed by atoms with Crippen molar-refractivity contribution in [2.75, 3.05) is 13.1 Å². The number of hydrogen-bond donors (Lipinski definition) is 5. The molecule has 5 amide bonds. The fourth-order valence-electron chi connectivity index (χ4n) is 2.74. The zero-order chi connectivity index (χ0) is 24.9. The minimum atomic E-state index is -0.978. The summed E-state index contributed by atoms with van der Waals surface area (Å²) in [6, 6.07) is -2.39. The van der Waals surface area contributed by atoms with Crippen molar-refractivity contribution in [3.8, 4) is 0 Å². The highest BCUT2D eigenvalue weighted by Crippen LogP contribution is 2.11.